The number of amides is 1. The van der Waals surface area contributed by atoms with Crippen LogP contribution >= 0.6 is 23.2 Å². The normalized spacial score (nSPS) is 24.2. The van der Waals surface area contributed by atoms with E-state index in [1.54, 1.807) is 30.3 Å². The molecule has 0 radical (unpaired) electrons. The van der Waals surface area contributed by atoms with Crippen LogP contribution in [0.1, 0.15) is 80.9 Å². The van der Waals surface area contributed by atoms with Gasteiger partial charge in [-0.2, -0.15) is 0 Å². The van der Waals surface area contributed by atoms with Gasteiger partial charge in [0.2, 0.25) is 0 Å². The first kappa shape index (κ1) is 24.0. The molecule has 2 aromatic carbocycles. The number of hydrogen-bond acceptors (Lipinski definition) is 3. The first-order chi connectivity index (χ1) is 15.5. The molecular formula is C27H30Cl2N2O2. The third-order valence-electron chi connectivity index (χ3n) is 7.28. The molecule has 6 heteroatoms. The molecule has 2 aromatic rings. The number of nitrogens with zero attached hydrogens (tertiary/aromatic N) is 2. The first-order valence-corrected chi connectivity index (χ1v) is 12.2. The van der Waals surface area contributed by atoms with Gasteiger partial charge in [-0.05, 0) is 67.7 Å². The number of aldehydes is 1. The Morgan fingerprint density at radius 3 is 2.15 bits per heavy atom. The molecule has 2 aliphatic rings. The van der Waals surface area contributed by atoms with Crippen LogP contribution in [0.3, 0.4) is 0 Å². The second kappa shape index (κ2) is 8.88. The third-order valence-corrected chi connectivity index (χ3v) is 7.72. The fourth-order valence-corrected chi connectivity index (χ4v) is 5.85. The predicted molar refractivity (Wildman–Crippen MR) is 134 cm³/mol. The van der Waals surface area contributed by atoms with Crippen LogP contribution in [-0.4, -0.2) is 28.5 Å². The van der Waals surface area contributed by atoms with Crippen LogP contribution in [0.4, 0.5) is 0 Å². The zero-order valence-electron chi connectivity index (χ0n) is 19.6. The summed E-state index contributed by atoms with van der Waals surface area (Å²) in [6.45, 7) is 8.89. The molecule has 4 rings (SSSR count). The molecule has 1 aliphatic carbocycles. The van der Waals surface area contributed by atoms with Crippen LogP contribution < -0.4 is 0 Å². The van der Waals surface area contributed by atoms with E-state index in [9.17, 15) is 9.59 Å². The van der Waals surface area contributed by atoms with Gasteiger partial charge >= 0.3 is 0 Å². The maximum Gasteiger partial charge on any atom is 0.275 e. The highest BCUT2D eigenvalue weighted by Gasteiger charge is 2.51. The van der Waals surface area contributed by atoms with Crippen LogP contribution in [0, 0.1) is 11.3 Å². The first-order valence-electron chi connectivity index (χ1n) is 11.5. The van der Waals surface area contributed by atoms with Gasteiger partial charge in [0, 0.05) is 21.2 Å². The lowest BCUT2D eigenvalue weighted by atomic mass is 9.69. The molecular weight excluding hydrogens is 455 g/mol. The molecule has 1 spiro atoms. The molecule has 0 N–H and O–H groups in total. The van der Waals surface area contributed by atoms with E-state index in [1.807, 2.05) is 24.0 Å². The van der Waals surface area contributed by atoms with Crippen LogP contribution in [-0.2, 0) is 4.79 Å². The van der Waals surface area contributed by atoms with Crippen molar-refractivity contribution in [2.24, 2.45) is 16.3 Å². The van der Waals surface area contributed by atoms with E-state index >= 15 is 0 Å². The Kier molecular flexibility index (Phi) is 6.45. The maximum absolute atomic E-state index is 13.9. The molecule has 0 bridgehead atoms. The molecule has 1 fully saturated rings. The lowest BCUT2D eigenvalue weighted by Gasteiger charge is -2.46. The zero-order chi connectivity index (χ0) is 24.0. The van der Waals surface area contributed by atoms with E-state index in [0.29, 0.717) is 32.8 Å². The zero-order valence-corrected chi connectivity index (χ0v) is 21.1. The summed E-state index contributed by atoms with van der Waals surface area (Å²) in [7, 11) is 0. The summed E-state index contributed by atoms with van der Waals surface area (Å²) in [5, 5.41) is 0.962. The lowest BCUT2D eigenvalue weighted by Crippen LogP contribution is -2.50. The smallest absolute Gasteiger partial charge is 0.275 e. The second-order valence-electron chi connectivity index (χ2n) is 10.4. The van der Waals surface area contributed by atoms with Gasteiger partial charge in [0.15, 0.2) is 0 Å². The molecule has 1 unspecified atom stereocenters. The highest BCUT2D eigenvalue weighted by atomic mass is 35.5. The fraction of sp³-hybridized carbons (Fsp3) is 0.444. The molecule has 1 atom stereocenters. The Morgan fingerprint density at radius 2 is 1.64 bits per heavy atom. The second-order valence-corrected chi connectivity index (χ2v) is 11.2. The molecule has 0 saturated heterocycles. The Hall–Kier alpha value is -2.17. The Morgan fingerprint density at radius 1 is 1.06 bits per heavy atom. The SMILES string of the molecule is CC(c1ccc(C=O)cc1)N1C(=O)C(c2cc(Cl)cc(Cl)c2)=NC12CCC(C(C)(C)C)CC2. The van der Waals surface area contributed by atoms with Gasteiger partial charge in [0.25, 0.3) is 5.91 Å². The number of carbonyl (C=O) groups excluding carboxylic acids is 2. The lowest BCUT2D eigenvalue weighted by molar-refractivity contribution is -0.132. The summed E-state index contributed by atoms with van der Waals surface area (Å²) >= 11 is 12.5. The van der Waals surface area contributed by atoms with E-state index in [2.05, 4.69) is 20.8 Å². The van der Waals surface area contributed by atoms with Gasteiger partial charge in [0.05, 0.1) is 6.04 Å². The van der Waals surface area contributed by atoms with Gasteiger partial charge in [0.1, 0.15) is 17.7 Å². The van der Waals surface area contributed by atoms with Crippen molar-refractivity contribution in [2.75, 3.05) is 0 Å². The minimum atomic E-state index is -0.592. The van der Waals surface area contributed by atoms with Crippen molar-refractivity contribution in [1.82, 2.24) is 4.90 Å². The molecule has 33 heavy (non-hydrogen) atoms. The van der Waals surface area contributed by atoms with Gasteiger partial charge in [-0.15, -0.1) is 0 Å². The maximum atomic E-state index is 13.9. The number of carbonyl (C=O) groups is 2. The van der Waals surface area contributed by atoms with Crippen LogP contribution in [0.5, 0.6) is 0 Å². The van der Waals surface area contributed by atoms with Gasteiger partial charge < -0.3 is 4.90 Å². The number of rotatable bonds is 4. The predicted octanol–water partition coefficient (Wildman–Crippen LogP) is 7.13. The largest absolute Gasteiger partial charge is 0.306 e. The van der Waals surface area contributed by atoms with Crippen molar-refractivity contribution in [3.05, 3.63) is 69.2 Å². The number of hydrogen-bond donors (Lipinski definition) is 0. The van der Waals surface area contributed by atoms with Crippen molar-refractivity contribution in [3.63, 3.8) is 0 Å². The summed E-state index contributed by atoms with van der Waals surface area (Å²) in [5.41, 5.74) is 2.30. The fourth-order valence-electron chi connectivity index (χ4n) is 5.33. The Labute approximate surface area is 206 Å². The van der Waals surface area contributed by atoms with Crippen LogP contribution in [0.2, 0.25) is 10.0 Å². The van der Waals surface area contributed by atoms with Gasteiger partial charge in [-0.1, -0.05) is 68.2 Å². The standard InChI is InChI=1S/C27H30Cl2N2O2/c1-17(19-7-5-18(16-32)6-8-19)31-25(33)24(20-13-22(28)15-23(29)14-20)30-27(31)11-9-21(10-12-27)26(2,3)4/h5-8,13-17,21H,9-12H2,1-4H3. The van der Waals surface area contributed by atoms with E-state index in [4.69, 9.17) is 28.2 Å². The topological polar surface area (TPSA) is 49.7 Å². The van der Waals surface area contributed by atoms with Gasteiger partial charge in [-0.25, -0.2) is 0 Å². The molecule has 174 valence electrons. The third kappa shape index (κ3) is 4.61. The summed E-state index contributed by atoms with van der Waals surface area (Å²) in [6, 6.07) is 12.4. The minimum absolute atomic E-state index is 0.102. The molecule has 1 saturated carbocycles. The average Bonchev–Trinajstić information content (AvgIpc) is 3.04. The minimum Gasteiger partial charge on any atom is -0.306 e. The van der Waals surface area contributed by atoms with E-state index in [1.165, 1.54) is 0 Å². The van der Waals surface area contributed by atoms with Crippen LogP contribution in [0.15, 0.2) is 47.5 Å². The summed E-state index contributed by atoms with van der Waals surface area (Å²) in [4.78, 5) is 32.0. The Balaban J connectivity index is 1.75. The summed E-state index contributed by atoms with van der Waals surface area (Å²) in [5.74, 6) is 0.483. The van der Waals surface area contributed by atoms with Crippen LogP contribution in [0.25, 0.3) is 0 Å². The number of aliphatic imine (C=N–C) groups is 1. The summed E-state index contributed by atoms with van der Waals surface area (Å²) in [6.07, 6.45) is 4.48. The molecule has 1 heterocycles. The van der Waals surface area contributed by atoms with Crippen molar-refractivity contribution >= 4 is 41.1 Å². The highest BCUT2D eigenvalue weighted by Crippen LogP contribution is 2.49. The van der Waals surface area contributed by atoms with Crippen molar-refractivity contribution in [3.8, 4) is 0 Å². The van der Waals surface area contributed by atoms with Crippen molar-refractivity contribution < 1.29 is 9.59 Å². The van der Waals surface area contributed by atoms with E-state index in [0.717, 1.165) is 37.5 Å². The summed E-state index contributed by atoms with van der Waals surface area (Å²) < 4.78 is 0. The quantitative estimate of drug-likeness (QED) is 0.433. The van der Waals surface area contributed by atoms with E-state index in [-0.39, 0.29) is 17.4 Å². The van der Waals surface area contributed by atoms with Crippen molar-refractivity contribution in [1.29, 1.82) is 0 Å². The highest BCUT2D eigenvalue weighted by molar-refractivity contribution is 6.47. The molecule has 1 amide bonds. The number of benzene rings is 2. The number of halogens is 2. The van der Waals surface area contributed by atoms with Gasteiger partial charge in [-0.3, -0.25) is 14.6 Å². The monoisotopic (exact) mass is 484 g/mol. The average molecular weight is 485 g/mol. The Bertz CT molecular complexity index is 1070. The van der Waals surface area contributed by atoms with Crippen molar-refractivity contribution in [2.45, 2.75) is 65.1 Å². The molecule has 1 aliphatic heterocycles. The van der Waals surface area contributed by atoms with E-state index < -0.39 is 5.66 Å². The molecule has 4 nitrogen and oxygen atoms in total. The molecule has 0 aromatic heterocycles.